The molecular weight excluding hydrogens is 260 g/mol. The van der Waals surface area contributed by atoms with Crippen LogP contribution in [0.15, 0.2) is 0 Å². The lowest BCUT2D eigenvalue weighted by Crippen LogP contribution is -2.53. The van der Waals surface area contributed by atoms with Crippen molar-refractivity contribution in [3.63, 3.8) is 0 Å². The van der Waals surface area contributed by atoms with Gasteiger partial charge in [0.05, 0.1) is 5.25 Å². The molecule has 0 N–H and O–H groups in total. The van der Waals surface area contributed by atoms with E-state index >= 15 is 0 Å². The van der Waals surface area contributed by atoms with E-state index in [9.17, 15) is 8.42 Å². The highest BCUT2D eigenvalue weighted by molar-refractivity contribution is 7.89. The molecule has 2 saturated heterocycles. The van der Waals surface area contributed by atoms with Crippen molar-refractivity contribution in [3.05, 3.63) is 0 Å². The van der Waals surface area contributed by atoms with Gasteiger partial charge in [-0.15, -0.1) is 0 Å². The molecule has 2 fully saturated rings. The SMILES string of the molecule is CCCC(CCC)S(=O)(=O)N1CCN2CCC[C@@H]2C1. The molecular formula is C14H28N2O2S. The number of fused-ring (bicyclic) bond motifs is 1. The van der Waals surface area contributed by atoms with Crippen molar-refractivity contribution in [1.29, 1.82) is 0 Å². The third-order valence-corrected chi connectivity index (χ3v) is 6.92. The van der Waals surface area contributed by atoms with Crippen LogP contribution in [0.5, 0.6) is 0 Å². The number of sulfonamides is 1. The monoisotopic (exact) mass is 288 g/mol. The molecule has 0 unspecified atom stereocenters. The molecule has 0 spiro atoms. The number of nitrogens with zero attached hydrogens (tertiary/aromatic N) is 2. The van der Waals surface area contributed by atoms with Crippen molar-refractivity contribution in [1.82, 2.24) is 9.21 Å². The summed E-state index contributed by atoms with van der Waals surface area (Å²) in [6.45, 7) is 7.66. The van der Waals surface area contributed by atoms with Crippen LogP contribution in [0.2, 0.25) is 0 Å². The van der Waals surface area contributed by atoms with Gasteiger partial charge in [-0.05, 0) is 32.2 Å². The molecule has 2 aliphatic rings. The fraction of sp³-hybridized carbons (Fsp3) is 1.00. The maximum absolute atomic E-state index is 12.8. The van der Waals surface area contributed by atoms with Crippen molar-refractivity contribution in [2.75, 3.05) is 26.2 Å². The lowest BCUT2D eigenvalue weighted by Gasteiger charge is -2.38. The Morgan fingerprint density at radius 2 is 1.79 bits per heavy atom. The summed E-state index contributed by atoms with van der Waals surface area (Å²) in [5.41, 5.74) is 0. The summed E-state index contributed by atoms with van der Waals surface area (Å²) >= 11 is 0. The van der Waals surface area contributed by atoms with Crippen LogP contribution in [0.3, 0.4) is 0 Å². The number of rotatable bonds is 6. The Morgan fingerprint density at radius 3 is 2.42 bits per heavy atom. The Morgan fingerprint density at radius 1 is 1.11 bits per heavy atom. The van der Waals surface area contributed by atoms with Gasteiger partial charge in [0.15, 0.2) is 0 Å². The maximum Gasteiger partial charge on any atom is 0.217 e. The summed E-state index contributed by atoms with van der Waals surface area (Å²) in [5, 5.41) is -0.157. The standard InChI is InChI=1S/C14H28N2O2S/c1-3-6-14(7-4-2)19(17,18)16-11-10-15-9-5-8-13(15)12-16/h13-14H,3-12H2,1-2H3/t13-/m1/s1. The van der Waals surface area contributed by atoms with Crippen molar-refractivity contribution < 1.29 is 8.42 Å². The summed E-state index contributed by atoms with van der Waals surface area (Å²) < 4.78 is 27.3. The first-order chi connectivity index (χ1) is 9.09. The Bertz CT molecular complexity index is 377. The van der Waals surface area contributed by atoms with E-state index in [-0.39, 0.29) is 5.25 Å². The van der Waals surface area contributed by atoms with E-state index in [1.54, 1.807) is 4.31 Å². The zero-order chi connectivity index (χ0) is 13.9. The van der Waals surface area contributed by atoms with Crippen LogP contribution < -0.4 is 0 Å². The minimum absolute atomic E-state index is 0.157. The smallest absolute Gasteiger partial charge is 0.217 e. The summed E-state index contributed by atoms with van der Waals surface area (Å²) in [6, 6.07) is 0.479. The average molecular weight is 288 g/mol. The van der Waals surface area contributed by atoms with E-state index in [1.807, 2.05) is 0 Å². The van der Waals surface area contributed by atoms with E-state index < -0.39 is 10.0 Å². The Kier molecular flexibility index (Phi) is 5.26. The minimum Gasteiger partial charge on any atom is -0.298 e. The predicted molar refractivity (Wildman–Crippen MR) is 78.7 cm³/mol. The van der Waals surface area contributed by atoms with Crippen LogP contribution in [0, 0.1) is 0 Å². The van der Waals surface area contributed by atoms with E-state index in [2.05, 4.69) is 18.7 Å². The molecule has 0 aliphatic carbocycles. The van der Waals surface area contributed by atoms with Crippen LogP contribution in [0.4, 0.5) is 0 Å². The van der Waals surface area contributed by atoms with Crippen molar-refractivity contribution in [3.8, 4) is 0 Å². The molecule has 2 rings (SSSR count). The molecule has 1 atom stereocenters. The Labute approximate surface area is 118 Å². The zero-order valence-electron chi connectivity index (χ0n) is 12.3. The summed E-state index contributed by atoms with van der Waals surface area (Å²) in [4.78, 5) is 2.46. The average Bonchev–Trinajstić information content (AvgIpc) is 2.85. The van der Waals surface area contributed by atoms with Gasteiger partial charge < -0.3 is 0 Å². The van der Waals surface area contributed by atoms with Gasteiger partial charge in [-0.3, -0.25) is 4.90 Å². The largest absolute Gasteiger partial charge is 0.298 e. The molecule has 2 heterocycles. The fourth-order valence-electron chi connectivity index (χ4n) is 3.49. The summed E-state index contributed by atoms with van der Waals surface area (Å²) in [7, 11) is -3.08. The van der Waals surface area contributed by atoms with Crippen molar-refractivity contribution >= 4 is 10.0 Å². The van der Waals surface area contributed by atoms with Gasteiger partial charge in [0.2, 0.25) is 10.0 Å². The van der Waals surface area contributed by atoms with Gasteiger partial charge in [-0.2, -0.15) is 4.31 Å². The Hall–Kier alpha value is -0.130. The molecule has 0 aromatic heterocycles. The number of piperazine rings is 1. The number of hydrogen-bond acceptors (Lipinski definition) is 3. The van der Waals surface area contributed by atoms with Crippen LogP contribution in [0.1, 0.15) is 52.4 Å². The number of hydrogen-bond donors (Lipinski definition) is 0. The van der Waals surface area contributed by atoms with Gasteiger partial charge in [-0.25, -0.2) is 8.42 Å². The first-order valence-corrected chi connectivity index (χ1v) is 9.33. The summed E-state index contributed by atoms with van der Waals surface area (Å²) in [6.07, 6.45) is 5.91. The van der Waals surface area contributed by atoms with Crippen molar-refractivity contribution in [2.45, 2.75) is 63.7 Å². The van der Waals surface area contributed by atoms with Gasteiger partial charge >= 0.3 is 0 Å². The van der Waals surface area contributed by atoms with Crippen LogP contribution in [0.25, 0.3) is 0 Å². The molecule has 5 heteroatoms. The van der Waals surface area contributed by atoms with Crippen LogP contribution in [-0.4, -0.2) is 55.1 Å². The molecule has 0 radical (unpaired) electrons. The van der Waals surface area contributed by atoms with Gasteiger partial charge in [0.1, 0.15) is 0 Å². The molecule has 0 aromatic carbocycles. The molecule has 19 heavy (non-hydrogen) atoms. The predicted octanol–water partition coefficient (Wildman–Crippen LogP) is 2.06. The molecule has 0 bridgehead atoms. The van der Waals surface area contributed by atoms with E-state index in [0.29, 0.717) is 12.6 Å². The second-order valence-electron chi connectivity index (χ2n) is 5.93. The maximum atomic E-state index is 12.8. The highest BCUT2D eigenvalue weighted by Gasteiger charge is 2.38. The first kappa shape index (κ1) is 15.3. The fourth-order valence-corrected chi connectivity index (χ4v) is 5.70. The minimum atomic E-state index is -3.08. The van der Waals surface area contributed by atoms with E-state index in [0.717, 1.165) is 51.7 Å². The van der Waals surface area contributed by atoms with Crippen LogP contribution >= 0.6 is 0 Å². The molecule has 0 aromatic rings. The molecule has 4 nitrogen and oxygen atoms in total. The molecule has 0 saturated carbocycles. The summed E-state index contributed by atoms with van der Waals surface area (Å²) in [5.74, 6) is 0. The normalized spacial score (nSPS) is 25.9. The van der Waals surface area contributed by atoms with E-state index in [4.69, 9.17) is 0 Å². The quantitative estimate of drug-likeness (QED) is 0.751. The van der Waals surface area contributed by atoms with Gasteiger partial charge in [0, 0.05) is 25.7 Å². The van der Waals surface area contributed by atoms with Crippen molar-refractivity contribution in [2.24, 2.45) is 0 Å². The Balaban J connectivity index is 2.05. The lowest BCUT2D eigenvalue weighted by atomic mass is 10.2. The molecule has 0 amide bonds. The van der Waals surface area contributed by atoms with Gasteiger partial charge in [0.25, 0.3) is 0 Å². The molecule has 112 valence electrons. The highest BCUT2D eigenvalue weighted by atomic mass is 32.2. The molecule has 2 aliphatic heterocycles. The third-order valence-electron chi connectivity index (χ3n) is 4.55. The highest BCUT2D eigenvalue weighted by Crippen LogP contribution is 2.26. The van der Waals surface area contributed by atoms with Gasteiger partial charge in [-0.1, -0.05) is 26.7 Å². The third kappa shape index (κ3) is 3.31. The van der Waals surface area contributed by atoms with Crippen LogP contribution in [-0.2, 0) is 10.0 Å². The second kappa shape index (κ2) is 6.55. The topological polar surface area (TPSA) is 40.6 Å². The van der Waals surface area contributed by atoms with E-state index in [1.165, 1.54) is 6.42 Å². The zero-order valence-corrected chi connectivity index (χ0v) is 13.2. The lowest BCUT2D eigenvalue weighted by molar-refractivity contribution is 0.157. The second-order valence-corrected chi connectivity index (χ2v) is 8.15. The first-order valence-electron chi connectivity index (χ1n) is 7.82.